The highest BCUT2D eigenvalue weighted by Crippen LogP contribution is 2.36. The van der Waals surface area contributed by atoms with Gasteiger partial charge in [-0.3, -0.25) is 19.8 Å². The van der Waals surface area contributed by atoms with Crippen LogP contribution < -0.4 is 14.8 Å². The molecule has 1 N–H and O–H groups in total. The molecule has 2 aromatic rings. The van der Waals surface area contributed by atoms with Crippen LogP contribution in [0.15, 0.2) is 46.4 Å². The van der Waals surface area contributed by atoms with E-state index in [1.807, 2.05) is 30.3 Å². The molecule has 0 aromatic heterocycles. The van der Waals surface area contributed by atoms with Crippen molar-refractivity contribution in [2.75, 3.05) is 7.11 Å². The largest absolute Gasteiger partial charge is 0.493 e. The standard InChI is InChI=1S/C24H22BrIN2O5/c1-32-20-12-15(11-19(26)21(20)33-13-14-6-8-16(25)9-7-14)10-18-22(29)27-24(31)28(23(18)30)17-4-2-3-5-17/h6-12,17H,2-5,13H2,1H3,(H,27,29,31)/b18-10+. The van der Waals surface area contributed by atoms with Gasteiger partial charge in [-0.15, -0.1) is 0 Å². The van der Waals surface area contributed by atoms with Gasteiger partial charge < -0.3 is 9.47 Å². The van der Waals surface area contributed by atoms with E-state index >= 15 is 0 Å². The maximum Gasteiger partial charge on any atom is 0.331 e. The molecule has 33 heavy (non-hydrogen) atoms. The smallest absolute Gasteiger partial charge is 0.331 e. The van der Waals surface area contributed by atoms with Crippen LogP contribution in [0.1, 0.15) is 36.8 Å². The maximum absolute atomic E-state index is 13.0. The van der Waals surface area contributed by atoms with Gasteiger partial charge in [0.15, 0.2) is 11.5 Å². The van der Waals surface area contributed by atoms with E-state index in [9.17, 15) is 14.4 Å². The summed E-state index contributed by atoms with van der Waals surface area (Å²) in [5, 5.41) is 2.30. The number of hydrogen-bond acceptors (Lipinski definition) is 5. The van der Waals surface area contributed by atoms with Crippen LogP contribution >= 0.6 is 38.5 Å². The predicted molar refractivity (Wildman–Crippen MR) is 135 cm³/mol. The van der Waals surface area contributed by atoms with Crippen LogP contribution in [0.2, 0.25) is 0 Å². The Morgan fingerprint density at radius 1 is 1.15 bits per heavy atom. The summed E-state index contributed by atoms with van der Waals surface area (Å²) in [6, 6.07) is 10.5. The Labute approximate surface area is 213 Å². The number of barbiturate groups is 1. The molecule has 1 saturated heterocycles. The lowest BCUT2D eigenvalue weighted by atomic mass is 10.0. The third-order valence-corrected chi connectivity index (χ3v) is 7.01. The van der Waals surface area contributed by atoms with E-state index in [1.165, 1.54) is 18.1 Å². The first-order valence-electron chi connectivity index (χ1n) is 10.5. The Balaban J connectivity index is 1.59. The number of halogens is 2. The number of rotatable bonds is 6. The fourth-order valence-corrected chi connectivity index (χ4v) is 5.08. The van der Waals surface area contributed by atoms with Crippen molar-refractivity contribution in [1.82, 2.24) is 10.2 Å². The normalized spacial score (nSPS) is 18.1. The number of amides is 4. The number of methoxy groups -OCH3 is 1. The third-order valence-electron chi connectivity index (χ3n) is 5.68. The van der Waals surface area contributed by atoms with Crippen LogP contribution in [0.5, 0.6) is 11.5 Å². The number of carbonyl (C=O) groups excluding carboxylic acids is 3. The van der Waals surface area contributed by atoms with Crippen molar-refractivity contribution >= 4 is 62.4 Å². The van der Waals surface area contributed by atoms with Gasteiger partial charge in [0, 0.05) is 10.5 Å². The molecule has 0 unspecified atom stereocenters. The second-order valence-electron chi connectivity index (χ2n) is 7.88. The number of nitrogens with zero attached hydrogens (tertiary/aromatic N) is 1. The summed E-state index contributed by atoms with van der Waals surface area (Å²) in [5.74, 6) is -0.187. The first-order valence-corrected chi connectivity index (χ1v) is 12.4. The third kappa shape index (κ3) is 5.24. The van der Waals surface area contributed by atoms with Crippen molar-refractivity contribution in [3.8, 4) is 11.5 Å². The summed E-state index contributed by atoms with van der Waals surface area (Å²) >= 11 is 5.55. The van der Waals surface area contributed by atoms with Gasteiger partial charge in [-0.1, -0.05) is 40.9 Å². The van der Waals surface area contributed by atoms with E-state index < -0.39 is 17.8 Å². The van der Waals surface area contributed by atoms with Crippen LogP contribution in [-0.2, 0) is 16.2 Å². The Kier molecular flexibility index (Phi) is 7.38. The van der Waals surface area contributed by atoms with Crippen molar-refractivity contribution < 1.29 is 23.9 Å². The quantitative estimate of drug-likeness (QED) is 0.276. The SMILES string of the molecule is COc1cc(/C=C2\C(=O)NC(=O)N(C3CCCC3)C2=O)cc(I)c1OCc1ccc(Br)cc1. The molecule has 2 aromatic carbocycles. The minimum Gasteiger partial charge on any atom is -0.493 e. The number of imide groups is 2. The highest BCUT2D eigenvalue weighted by molar-refractivity contribution is 14.1. The average molecular weight is 625 g/mol. The molecule has 4 amide bonds. The maximum atomic E-state index is 13.0. The van der Waals surface area contributed by atoms with Gasteiger partial charge in [0.25, 0.3) is 11.8 Å². The van der Waals surface area contributed by atoms with Gasteiger partial charge in [-0.05, 0) is 76.9 Å². The first kappa shape index (κ1) is 23.7. The van der Waals surface area contributed by atoms with Crippen LogP contribution in [0.3, 0.4) is 0 Å². The zero-order chi connectivity index (χ0) is 23.5. The molecule has 7 nitrogen and oxygen atoms in total. The summed E-state index contributed by atoms with van der Waals surface area (Å²) in [6.45, 7) is 0.361. The van der Waals surface area contributed by atoms with Crippen molar-refractivity contribution in [1.29, 1.82) is 0 Å². The molecule has 0 spiro atoms. The van der Waals surface area contributed by atoms with Crippen LogP contribution in [-0.4, -0.2) is 35.9 Å². The predicted octanol–water partition coefficient (Wildman–Crippen LogP) is 5.05. The molecular formula is C24H22BrIN2O5. The molecule has 9 heteroatoms. The Bertz CT molecular complexity index is 1130. The van der Waals surface area contributed by atoms with Crippen molar-refractivity contribution in [2.45, 2.75) is 38.3 Å². The Morgan fingerprint density at radius 3 is 2.52 bits per heavy atom. The fourth-order valence-electron chi connectivity index (χ4n) is 4.03. The molecule has 1 aliphatic carbocycles. The van der Waals surface area contributed by atoms with Gasteiger partial charge >= 0.3 is 6.03 Å². The van der Waals surface area contributed by atoms with E-state index in [2.05, 4.69) is 43.8 Å². The minimum atomic E-state index is -0.691. The molecule has 1 heterocycles. The first-order chi connectivity index (χ1) is 15.9. The van der Waals surface area contributed by atoms with E-state index in [-0.39, 0.29) is 11.6 Å². The molecule has 1 aliphatic heterocycles. The van der Waals surface area contributed by atoms with E-state index in [4.69, 9.17) is 9.47 Å². The summed E-state index contributed by atoms with van der Waals surface area (Å²) in [7, 11) is 1.54. The Morgan fingerprint density at radius 2 is 1.85 bits per heavy atom. The molecule has 0 radical (unpaired) electrons. The average Bonchev–Trinajstić information content (AvgIpc) is 3.31. The fraction of sp³-hybridized carbons (Fsp3) is 0.292. The minimum absolute atomic E-state index is 0.0668. The number of carbonyl (C=O) groups is 3. The number of urea groups is 1. The molecule has 2 aliphatic rings. The van der Waals surface area contributed by atoms with E-state index in [1.54, 1.807) is 6.07 Å². The van der Waals surface area contributed by atoms with Crippen molar-refractivity contribution in [3.05, 3.63) is 61.1 Å². The second-order valence-corrected chi connectivity index (χ2v) is 9.96. The van der Waals surface area contributed by atoms with Gasteiger partial charge in [-0.25, -0.2) is 4.79 Å². The summed E-state index contributed by atoms with van der Waals surface area (Å²) in [4.78, 5) is 39.0. The molecule has 4 rings (SSSR count). The van der Waals surface area contributed by atoms with Crippen molar-refractivity contribution in [2.24, 2.45) is 0 Å². The lowest BCUT2D eigenvalue weighted by Gasteiger charge is -2.31. The molecule has 1 saturated carbocycles. The zero-order valence-corrected chi connectivity index (χ0v) is 21.6. The van der Waals surface area contributed by atoms with E-state index in [0.29, 0.717) is 23.7 Å². The number of hydrogen-bond donors (Lipinski definition) is 1. The molecule has 0 atom stereocenters. The lowest BCUT2D eigenvalue weighted by Crippen LogP contribution is -2.57. The van der Waals surface area contributed by atoms with Crippen LogP contribution in [0.4, 0.5) is 4.79 Å². The molecule has 2 fully saturated rings. The number of nitrogens with one attached hydrogen (secondary N) is 1. The topological polar surface area (TPSA) is 84.9 Å². The second kappa shape index (κ2) is 10.3. The van der Waals surface area contributed by atoms with Gasteiger partial charge in [0.1, 0.15) is 12.2 Å². The van der Waals surface area contributed by atoms with E-state index in [0.717, 1.165) is 39.3 Å². The Hall–Kier alpha value is -2.40. The molecule has 172 valence electrons. The highest BCUT2D eigenvalue weighted by atomic mass is 127. The zero-order valence-electron chi connectivity index (χ0n) is 17.9. The summed E-state index contributed by atoms with van der Waals surface area (Å²) in [5.41, 5.74) is 1.54. The van der Waals surface area contributed by atoms with Crippen molar-refractivity contribution in [3.63, 3.8) is 0 Å². The lowest BCUT2D eigenvalue weighted by molar-refractivity contribution is -0.131. The number of ether oxygens (including phenoxy) is 2. The van der Waals surface area contributed by atoms with Crippen LogP contribution in [0, 0.1) is 3.57 Å². The van der Waals surface area contributed by atoms with Gasteiger partial charge in [0.05, 0.1) is 10.7 Å². The van der Waals surface area contributed by atoms with Gasteiger partial charge in [-0.2, -0.15) is 0 Å². The van der Waals surface area contributed by atoms with Crippen LogP contribution in [0.25, 0.3) is 6.08 Å². The highest BCUT2D eigenvalue weighted by Gasteiger charge is 2.40. The number of benzene rings is 2. The summed E-state index contributed by atoms with van der Waals surface area (Å²) < 4.78 is 13.3. The summed E-state index contributed by atoms with van der Waals surface area (Å²) in [6.07, 6.45) is 4.94. The molecule has 0 bridgehead atoms. The van der Waals surface area contributed by atoms with Gasteiger partial charge in [0.2, 0.25) is 0 Å². The molecular weight excluding hydrogens is 603 g/mol. The monoisotopic (exact) mass is 624 g/mol.